The molecule has 1 heteroatoms. The third-order valence-electron chi connectivity index (χ3n) is 9.93. The average Bonchev–Trinajstić information content (AvgIpc) is 3.65. The Morgan fingerprint density at radius 1 is 0.444 bits per heavy atom. The van der Waals surface area contributed by atoms with Gasteiger partial charge in [-0.15, -0.1) is 69.1 Å². The Kier molecular flexibility index (Phi) is 8.27. The van der Waals surface area contributed by atoms with Gasteiger partial charge >= 0.3 is 25.8 Å². The van der Waals surface area contributed by atoms with E-state index in [0.29, 0.717) is 0 Å². The van der Waals surface area contributed by atoms with Crippen LogP contribution in [0.1, 0.15) is 30.4 Å². The topological polar surface area (TPSA) is 0 Å². The maximum atomic E-state index is 2.50. The van der Waals surface area contributed by atoms with Gasteiger partial charge in [0.2, 0.25) is 0 Å². The van der Waals surface area contributed by atoms with Crippen molar-refractivity contribution in [2.45, 2.75) is 24.7 Å². The van der Waals surface area contributed by atoms with Gasteiger partial charge in [-0.25, -0.2) is 0 Å². The molecule has 1 aliphatic carbocycles. The van der Waals surface area contributed by atoms with E-state index in [0.717, 1.165) is 0 Å². The van der Waals surface area contributed by atoms with Gasteiger partial charge in [-0.1, -0.05) is 102 Å². The van der Waals surface area contributed by atoms with Crippen molar-refractivity contribution in [3.63, 3.8) is 0 Å². The van der Waals surface area contributed by atoms with Crippen LogP contribution in [0.15, 0.2) is 146 Å². The van der Waals surface area contributed by atoms with Crippen molar-refractivity contribution in [1.29, 1.82) is 0 Å². The zero-order chi connectivity index (χ0) is 27.7. The number of hydrogen-bond donors (Lipinski definition) is 0. The molecule has 0 saturated heterocycles. The Labute approximate surface area is 285 Å². The van der Waals surface area contributed by atoms with E-state index in [1.165, 1.54) is 95.7 Å². The van der Waals surface area contributed by atoms with Crippen LogP contribution in [0, 0.1) is 14.9 Å². The summed E-state index contributed by atoms with van der Waals surface area (Å²) in [6, 6.07) is 54.6. The van der Waals surface area contributed by atoms with E-state index in [1.807, 2.05) is 0 Å². The molecule has 1 fully saturated rings. The van der Waals surface area contributed by atoms with Gasteiger partial charge in [-0.05, 0) is 63.1 Å². The smallest absolute Gasteiger partial charge is 0.358 e. The van der Waals surface area contributed by atoms with Crippen LogP contribution in [0.25, 0.3) is 65.3 Å². The van der Waals surface area contributed by atoms with Crippen LogP contribution >= 0.6 is 0 Å². The molecule has 1 saturated carbocycles. The second-order valence-electron chi connectivity index (χ2n) is 12.2. The summed E-state index contributed by atoms with van der Waals surface area (Å²) in [4.78, 5) is 0. The van der Waals surface area contributed by atoms with Gasteiger partial charge in [0, 0.05) is 0 Å². The summed E-state index contributed by atoms with van der Waals surface area (Å²) in [6.07, 6.45) is 3.69. The van der Waals surface area contributed by atoms with Crippen LogP contribution < -0.4 is 0 Å². The quantitative estimate of drug-likeness (QED) is 0.124. The van der Waals surface area contributed by atoms with Crippen LogP contribution in [0.5, 0.6) is 0 Å². The van der Waals surface area contributed by atoms with Crippen LogP contribution in [0.4, 0.5) is 0 Å². The molecule has 0 bridgehead atoms. The van der Waals surface area contributed by atoms with Crippen LogP contribution in [0.2, 0.25) is 0 Å². The molecule has 0 radical (unpaired) electrons. The van der Waals surface area contributed by atoms with Crippen LogP contribution in [-0.2, 0) is 31.3 Å². The van der Waals surface area contributed by atoms with Crippen molar-refractivity contribution in [3.05, 3.63) is 172 Å². The molecule has 0 amide bonds. The van der Waals surface area contributed by atoms with Crippen molar-refractivity contribution in [3.8, 4) is 22.3 Å². The van der Waals surface area contributed by atoms with Gasteiger partial charge in [-0.2, -0.15) is 12.1 Å². The minimum atomic E-state index is 0. The van der Waals surface area contributed by atoms with E-state index in [2.05, 4.69) is 146 Å². The molecular formula is C44H36Hf. The second kappa shape index (κ2) is 12.0. The monoisotopic (exact) mass is 744 g/mol. The molecule has 8 aromatic rings. The molecule has 9 rings (SSSR count). The largest absolute Gasteiger partial charge is 4.00 e. The Morgan fingerprint density at radius 2 is 0.889 bits per heavy atom. The van der Waals surface area contributed by atoms with Gasteiger partial charge in [0.1, 0.15) is 0 Å². The summed E-state index contributed by atoms with van der Waals surface area (Å²) < 4.78 is 0. The van der Waals surface area contributed by atoms with Crippen LogP contribution in [0.3, 0.4) is 0 Å². The summed E-state index contributed by atoms with van der Waals surface area (Å²) >= 11 is 0. The van der Waals surface area contributed by atoms with Crippen molar-refractivity contribution in [2.24, 2.45) is 0 Å². The van der Waals surface area contributed by atoms with E-state index in [9.17, 15) is 0 Å². The molecule has 8 aromatic carbocycles. The number of hydrogen-bond acceptors (Lipinski definition) is 0. The summed E-state index contributed by atoms with van der Waals surface area (Å²) in [5.41, 5.74) is 8.25. The molecule has 1 aliphatic rings. The summed E-state index contributed by atoms with van der Waals surface area (Å²) in [5.74, 6) is 0. The number of rotatable bonds is 4. The number of benzene rings is 6. The third kappa shape index (κ3) is 4.93. The van der Waals surface area contributed by atoms with E-state index in [-0.39, 0.29) is 46.1 Å². The summed E-state index contributed by atoms with van der Waals surface area (Å²) in [5, 5.41) is 10.6. The van der Waals surface area contributed by atoms with Gasteiger partial charge < -0.3 is 14.9 Å². The van der Waals surface area contributed by atoms with E-state index >= 15 is 0 Å². The fourth-order valence-corrected chi connectivity index (χ4v) is 7.51. The number of fused-ring (bicyclic) bond motifs is 4. The predicted octanol–water partition coefficient (Wildman–Crippen LogP) is 12.4. The second-order valence-corrected chi connectivity index (χ2v) is 12.2. The molecular weight excluding hydrogens is 707 g/mol. The van der Waals surface area contributed by atoms with Crippen molar-refractivity contribution in [2.75, 3.05) is 0 Å². The molecule has 45 heavy (non-hydrogen) atoms. The fraction of sp³-hybridized carbons (Fsp3) is 0.0909. The Hall–Kier alpha value is -4.07. The first-order valence-electron chi connectivity index (χ1n) is 15.1. The predicted molar refractivity (Wildman–Crippen MR) is 192 cm³/mol. The maximum absolute atomic E-state index is 2.50. The summed E-state index contributed by atoms with van der Waals surface area (Å²) in [7, 11) is 0. The molecule has 0 N–H and O–H groups in total. The molecule has 0 aromatic heterocycles. The van der Waals surface area contributed by atoms with Gasteiger partial charge in [-0.3, -0.25) is 0 Å². The molecule has 216 valence electrons. The Bertz CT molecular complexity index is 2130. The fourth-order valence-electron chi connectivity index (χ4n) is 7.51. The zero-order valence-electron chi connectivity index (χ0n) is 26.0. The van der Waals surface area contributed by atoms with E-state index in [4.69, 9.17) is 0 Å². The van der Waals surface area contributed by atoms with Gasteiger partial charge in [0.15, 0.2) is 0 Å². The maximum Gasteiger partial charge on any atom is 4.00 e. The molecule has 0 spiro atoms. The molecule has 0 unspecified atom stereocenters. The molecule has 0 atom stereocenters. The average molecular weight is 743 g/mol. The first-order chi connectivity index (χ1) is 20.7. The minimum Gasteiger partial charge on any atom is -0.358 e. The third-order valence-corrected chi connectivity index (χ3v) is 9.93. The Morgan fingerprint density at radius 3 is 1.31 bits per heavy atom. The SMILES string of the molecule is [CH3-].[CH3-].[Hf+4].c1ccc2cc(-c3cccc4[cH-]c(C5(c6cc7c(-c8ccc9ccccc9c8)cccc7[cH-]6)CCC5)cc34)ccc2c1. The normalized spacial score (nSPS) is 13.6. The summed E-state index contributed by atoms with van der Waals surface area (Å²) in [6.45, 7) is 0. The van der Waals surface area contributed by atoms with E-state index in [1.54, 1.807) is 0 Å². The first-order valence-corrected chi connectivity index (χ1v) is 15.1. The standard InChI is InChI=1S/C42H30.2CH3.Hf/c1-3-10-30-22-34(18-16-28(30)8-1)38-14-5-12-32-24-36(26-40(32)38)42(20-7-21-42)37-25-33-13-6-15-39(41(33)27-37)35-19-17-29-9-2-4-11-31(29)23-35;;;/h1-6,8-19,22-27H,7,20-21H2;2*1H3;/q-2;2*-1;+4. The van der Waals surface area contributed by atoms with Crippen molar-refractivity contribution >= 4 is 43.1 Å². The van der Waals surface area contributed by atoms with Crippen molar-refractivity contribution in [1.82, 2.24) is 0 Å². The van der Waals surface area contributed by atoms with E-state index < -0.39 is 0 Å². The van der Waals surface area contributed by atoms with Gasteiger partial charge in [0.05, 0.1) is 0 Å². The van der Waals surface area contributed by atoms with Gasteiger partial charge in [0.25, 0.3) is 0 Å². The molecule has 0 nitrogen and oxygen atoms in total. The zero-order valence-corrected chi connectivity index (χ0v) is 29.6. The van der Waals surface area contributed by atoms with Crippen molar-refractivity contribution < 1.29 is 25.8 Å². The minimum absolute atomic E-state index is 0. The molecule has 0 heterocycles. The first kappa shape index (κ1) is 30.9. The Balaban J connectivity index is 0.00000119. The molecule has 0 aliphatic heterocycles. The van der Waals surface area contributed by atoms with Crippen LogP contribution in [-0.4, -0.2) is 0 Å².